The van der Waals surface area contributed by atoms with Gasteiger partial charge in [-0.2, -0.15) is 0 Å². The number of hydrogen-bond donors (Lipinski definition) is 10. The third kappa shape index (κ3) is 70.9. The number of aliphatic carboxylic acids is 10. The molecule has 2 aromatic rings. The molecule has 0 aliphatic heterocycles. The van der Waals surface area contributed by atoms with E-state index in [1.807, 2.05) is 206 Å². The molecule has 10 N–H and O–H groups in total. The maximum Gasteiger partial charge on any atom is 0.308 e. The van der Waals surface area contributed by atoms with Crippen LogP contribution in [0.25, 0.3) is 0 Å². The molecule has 0 aliphatic carbocycles. The minimum atomic E-state index is -0.776. The van der Waals surface area contributed by atoms with E-state index in [-0.39, 0.29) is 64.8 Å². The lowest BCUT2D eigenvalue weighted by Gasteiger charge is -2.21. The molecule has 0 bridgehead atoms. The maximum atomic E-state index is 10.7. The fourth-order valence-corrected chi connectivity index (χ4v) is 8.72. The predicted molar refractivity (Wildman–Crippen MR) is 400 cm³/mol. The van der Waals surface area contributed by atoms with Crippen LogP contribution in [-0.4, -0.2) is 123 Å². The standard InChI is InChI=1S/2C11H14O2.C9H18O3.4C8H16O2.C7H14O2.C5H10O2.C4H8O2/c2*1-2-10(11(12)13)8-9-6-4-3-5-7-9;1-5-7(8(10)11)6-12-9(2,3)4;2*1-4-7(8(9)10)5-6(2)3;1-4-6(3)7(5-2)8(9)10;1-3-5-6-7(4-2)8(9)10;1-4-6(5(2)3)7(8)9;1-3-4(2)5(6)7;1-2-3-4(5)6/h2*3-7,10H,2,8H2,1H3,(H,12,13);7H,5-6H2,1-4H3,(H,10,11);3*6-7H,4-5H2,1-3H3,(H,9,10);7H,3-6H2,1-2H3,(H,9,10);5-6H,4H2,1-3H3,(H,8,9);4H,3H2,1-2H3,(H,6,7);2-3H2,1H3,(H,5,6)/t2*10-;3*7-;6?,7-;7-;6-;4-;/m100100001./s1. The van der Waals surface area contributed by atoms with Gasteiger partial charge in [-0.25, -0.2) is 0 Å². The van der Waals surface area contributed by atoms with Gasteiger partial charge in [0.25, 0.3) is 0 Å². The van der Waals surface area contributed by atoms with Gasteiger partial charge in [0.1, 0.15) is 0 Å². The summed E-state index contributed by atoms with van der Waals surface area (Å²) >= 11 is 0. The van der Waals surface area contributed by atoms with Gasteiger partial charge in [0, 0.05) is 6.42 Å². The van der Waals surface area contributed by atoms with Crippen molar-refractivity contribution in [3.8, 4) is 0 Å². The van der Waals surface area contributed by atoms with Crippen molar-refractivity contribution in [1.82, 2.24) is 0 Å². The largest absolute Gasteiger partial charge is 0.481 e. The average Bonchev–Trinajstić information content (AvgIpc) is 0.979. The van der Waals surface area contributed by atoms with Crippen LogP contribution in [0, 0.1) is 76.9 Å². The molecule has 21 nitrogen and oxygen atoms in total. The second-order valence-electron chi connectivity index (χ2n) is 27.0. The Morgan fingerprint density at radius 3 is 0.820 bits per heavy atom. The zero-order valence-corrected chi connectivity index (χ0v) is 65.9. The summed E-state index contributed by atoms with van der Waals surface area (Å²) in [5.74, 6) is -7.09. The van der Waals surface area contributed by atoms with Gasteiger partial charge in [0.15, 0.2) is 0 Å². The van der Waals surface area contributed by atoms with E-state index in [2.05, 4.69) is 6.92 Å². The second kappa shape index (κ2) is 69.2. The molecular weight excluding hydrogens is 1280 g/mol. The van der Waals surface area contributed by atoms with Gasteiger partial charge in [-0.3, -0.25) is 47.9 Å². The first-order valence-electron chi connectivity index (χ1n) is 36.4. The summed E-state index contributed by atoms with van der Waals surface area (Å²) in [6, 6.07) is 19.5. The molecule has 2 aromatic carbocycles. The van der Waals surface area contributed by atoms with Crippen LogP contribution in [0.3, 0.4) is 0 Å². The highest BCUT2D eigenvalue weighted by atomic mass is 16.5. The van der Waals surface area contributed by atoms with Crippen molar-refractivity contribution < 1.29 is 104 Å². The van der Waals surface area contributed by atoms with Crippen LogP contribution in [0.4, 0.5) is 0 Å². The van der Waals surface area contributed by atoms with Crippen LogP contribution in [-0.2, 0) is 65.5 Å². The van der Waals surface area contributed by atoms with E-state index >= 15 is 0 Å². The third-order valence-electron chi connectivity index (χ3n) is 16.0. The zero-order valence-electron chi connectivity index (χ0n) is 65.9. The molecule has 100 heavy (non-hydrogen) atoms. The topological polar surface area (TPSA) is 382 Å². The van der Waals surface area contributed by atoms with Gasteiger partial charge in [-0.1, -0.05) is 218 Å². The summed E-state index contributed by atoms with van der Waals surface area (Å²) in [6.45, 7) is 44.8. The van der Waals surface area contributed by atoms with Crippen LogP contribution in [0.15, 0.2) is 60.7 Å². The van der Waals surface area contributed by atoms with Gasteiger partial charge < -0.3 is 55.8 Å². The summed E-state index contributed by atoms with van der Waals surface area (Å²) in [5.41, 5.74) is 1.94. The first kappa shape index (κ1) is 109. The van der Waals surface area contributed by atoms with Gasteiger partial charge in [0.05, 0.1) is 65.5 Å². The quantitative estimate of drug-likeness (QED) is 0.0303. The normalized spacial score (nSPS) is 13.3. The molecule has 1 unspecified atom stereocenters. The fourth-order valence-electron chi connectivity index (χ4n) is 8.72. The van der Waals surface area contributed by atoms with Crippen LogP contribution in [0.5, 0.6) is 0 Å². The van der Waals surface area contributed by atoms with E-state index in [1.165, 1.54) is 0 Å². The third-order valence-corrected chi connectivity index (χ3v) is 16.0. The Kier molecular flexibility index (Phi) is 75.5. The van der Waals surface area contributed by atoms with E-state index in [0.717, 1.165) is 94.6 Å². The number of carboxylic acids is 10. The number of carbonyl (C=O) groups is 10. The molecule has 584 valence electrons. The second-order valence-corrected chi connectivity index (χ2v) is 27.0. The molecule has 2 rings (SSSR count). The van der Waals surface area contributed by atoms with Gasteiger partial charge in [-0.15, -0.1) is 0 Å². The SMILES string of the molecule is CCC(C)[C@H](CC)C(=O)O.CCCC(=O)O.CCCC[C@H](CC)C(=O)O.CC[C@@H](C)C(=O)O.CC[C@@H](CC(C)C)C(=O)O.CC[C@@H](COC(C)(C)C)C(=O)O.CC[C@@H](Cc1ccccc1)C(=O)O.CC[C@H](C(=O)O)C(C)C.CC[C@H](CC(C)C)C(=O)O.CC[C@H](Cc1ccccc1)C(=O)O. The minimum absolute atomic E-state index is 0.111. The molecule has 10 atom stereocenters. The molecular formula is C79H142O21. The Balaban J connectivity index is -0.000000158. The number of hydrogen-bond acceptors (Lipinski definition) is 11. The smallest absolute Gasteiger partial charge is 0.308 e. The molecule has 0 aliphatic rings. The van der Waals surface area contributed by atoms with Crippen molar-refractivity contribution in [2.24, 2.45) is 76.9 Å². The van der Waals surface area contributed by atoms with Crippen molar-refractivity contribution in [3.63, 3.8) is 0 Å². The molecule has 0 spiro atoms. The molecule has 0 amide bonds. The number of rotatable bonds is 36. The van der Waals surface area contributed by atoms with Crippen LogP contribution >= 0.6 is 0 Å². The predicted octanol–water partition coefficient (Wildman–Crippen LogP) is 19.1. The van der Waals surface area contributed by atoms with Gasteiger partial charge in [-0.05, 0) is 152 Å². The number of benzene rings is 2. The van der Waals surface area contributed by atoms with E-state index in [9.17, 15) is 47.9 Å². The number of unbranched alkanes of at least 4 members (excludes halogenated alkanes) is 1. The monoisotopic (exact) mass is 1430 g/mol. The Morgan fingerprint density at radius 2 is 0.680 bits per heavy atom. The Morgan fingerprint density at radius 1 is 0.360 bits per heavy atom. The highest BCUT2D eigenvalue weighted by Crippen LogP contribution is 2.20. The van der Waals surface area contributed by atoms with Crippen molar-refractivity contribution in [2.45, 2.75) is 287 Å². The summed E-state index contributed by atoms with van der Waals surface area (Å²) < 4.78 is 5.36. The molecule has 0 fully saturated rings. The maximum absolute atomic E-state index is 10.7. The number of carboxylic acid groups (broad SMARTS) is 10. The summed E-state index contributed by atoms with van der Waals surface area (Å²) in [6.07, 6.45) is 14.2. The lowest BCUT2D eigenvalue weighted by atomic mass is 9.90. The van der Waals surface area contributed by atoms with E-state index in [0.29, 0.717) is 62.9 Å². The van der Waals surface area contributed by atoms with Crippen molar-refractivity contribution in [1.29, 1.82) is 0 Å². The van der Waals surface area contributed by atoms with E-state index < -0.39 is 59.7 Å². The average molecular weight is 1430 g/mol. The lowest BCUT2D eigenvalue weighted by molar-refractivity contribution is -0.146. The molecule has 0 heterocycles. The van der Waals surface area contributed by atoms with Crippen LogP contribution in [0.2, 0.25) is 0 Å². The molecule has 0 saturated heterocycles. The first-order chi connectivity index (χ1) is 46.4. The zero-order chi connectivity index (χ0) is 79.9. The van der Waals surface area contributed by atoms with Crippen molar-refractivity contribution >= 4 is 59.7 Å². The Bertz CT molecular complexity index is 2280. The van der Waals surface area contributed by atoms with E-state index in [1.54, 1.807) is 6.92 Å². The van der Waals surface area contributed by atoms with Crippen LogP contribution < -0.4 is 0 Å². The fraction of sp³-hybridized carbons (Fsp3) is 0.722. The lowest BCUT2D eigenvalue weighted by Crippen LogP contribution is -2.27. The molecule has 21 heteroatoms. The molecule has 0 saturated carbocycles. The van der Waals surface area contributed by atoms with Crippen LogP contribution in [0.1, 0.15) is 280 Å². The first-order valence-corrected chi connectivity index (χ1v) is 36.4. The van der Waals surface area contributed by atoms with E-state index in [4.69, 9.17) is 55.8 Å². The summed E-state index contributed by atoms with van der Waals surface area (Å²) in [7, 11) is 0. The Labute approximate surface area is 603 Å². The van der Waals surface area contributed by atoms with Crippen molar-refractivity contribution in [2.75, 3.05) is 6.61 Å². The molecule has 0 radical (unpaired) electrons. The Hall–Kier alpha value is -6.90. The summed E-state index contributed by atoms with van der Waals surface area (Å²) in [5, 5.41) is 85.5. The summed E-state index contributed by atoms with van der Waals surface area (Å²) in [4.78, 5) is 104. The number of ether oxygens (including phenoxy) is 1. The van der Waals surface area contributed by atoms with Crippen molar-refractivity contribution in [3.05, 3.63) is 71.8 Å². The van der Waals surface area contributed by atoms with Gasteiger partial charge >= 0.3 is 59.7 Å². The molecule has 0 aromatic heterocycles. The minimum Gasteiger partial charge on any atom is -0.481 e. The highest BCUT2D eigenvalue weighted by molar-refractivity contribution is 5.73. The highest BCUT2D eigenvalue weighted by Gasteiger charge is 2.23. The van der Waals surface area contributed by atoms with Gasteiger partial charge in [0.2, 0.25) is 0 Å².